The van der Waals surface area contributed by atoms with Crippen molar-refractivity contribution in [3.63, 3.8) is 0 Å². The van der Waals surface area contributed by atoms with Crippen LogP contribution in [-0.2, 0) is 13.1 Å². The lowest BCUT2D eigenvalue weighted by atomic mass is 10.1. The van der Waals surface area contributed by atoms with Gasteiger partial charge in [-0.15, -0.1) is 0 Å². The Balaban J connectivity index is 2.12. The summed E-state index contributed by atoms with van der Waals surface area (Å²) in [5.41, 5.74) is 4.53. The first kappa shape index (κ1) is 7.21. The second-order valence-electron chi connectivity index (χ2n) is 3.50. The molecule has 1 aromatic carbocycles. The minimum absolute atomic E-state index is 0.886. The van der Waals surface area contributed by atoms with Crippen molar-refractivity contribution in [3.05, 3.63) is 23.3 Å². The lowest BCUT2D eigenvalue weighted by molar-refractivity contribution is 0.0578. The summed E-state index contributed by atoms with van der Waals surface area (Å²) in [6.45, 7) is 5.31. The molecule has 0 saturated heterocycles. The lowest BCUT2D eigenvalue weighted by Gasteiger charge is -2.09. The molecule has 1 aliphatic heterocycles. The molecule has 3 heteroatoms. The molecule has 13 heavy (non-hydrogen) atoms. The van der Waals surface area contributed by atoms with E-state index in [9.17, 15) is 0 Å². The van der Waals surface area contributed by atoms with Gasteiger partial charge in [-0.25, -0.2) is 0 Å². The molecule has 3 rings (SSSR count). The highest BCUT2D eigenvalue weighted by Crippen LogP contribution is 2.31. The highest BCUT2D eigenvalue weighted by Gasteiger charge is 2.23. The van der Waals surface area contributed by atoms with E-state index in [0.717, 1.165) is 30.8 Å². The van der Waals surface area contributed by atoms with Gasteiger partial charge in [-0.2, -0.15) is 0 Å². The molecular weight excluding hydrogens is 166 g/mol. The molecule has 68 valence electrons. The summed E-state index contributed by atoms with van der Waals surface area (Å²) in [5, 5.41) is 0. The molecule has 2 heterocycles. The van der Waals surface area contributed by atoms with Crippen molar-refractivity contribution in [1.29, 1.82) is 0 Å². The fourth-order valence-corrected chi connectivity index (χ4v) is 1.92. The maximum absolute atomic E-state index is 4.99. The molecule has 1 aromatic heterocycles. The fraction of sp³-hybridized carbons (Fsp3) is 0.400. The smallest absolute Gasteiger partial charge is 0.230 e. The van der Waals surface area contributed by atoms with E-state index in [2.05, 4.69) is 17.9 Å². The molecule has 0 spiro atoms. The Morgan fingerprint density at radius 2 is 2.23 bits per heavy atom. The quantitative estimate of drug-likeness (QED) is 0.626. The van der Waals surface area contributed by atoms with Gasteiger partial charge in [0.15, 0.2) is 0 Å². The Morgan fingerprint density at radius 3 is 2.92 bits per heavy atom. The fourth-order valence-electron chi connectivity index (χ4n) is 1.92. The van der Waals surface area contributed by atoms with Crippen molar-refractivity contribution in [3.8, 4) is 0 Å². The summed E-state index contributed by atoms with van der Waals surface area (Å²) < 4.78 is 9.84. The molecule has 0 unspecified atom stereocenters. The Hall–Kier alpha value is -1.22. The topological polar surface area (TPSA) is 29.5 Å². The van der Waals surface area contributed by atoms with Crippen LogP contribution in [0.1, 0.15) is 18.1 Å². The van der Waals surface area contributed by atoms with Crippen molar-refractivity contribution in [1.82, 2.24) is 4.90 Å². The van der Waals surface area contributed by atoms with Crippen LogP contribution in [-0.4, -0.2) is 11.4 Å². The highest BCUT2D eigenvalue weighted by atomic mass is 17.0. The molecule has 0 N–H and O–H groups in total. The van der Waals surface area contributed by atoms with E-state index >= 15 is 0 Å². The van der Waals surface area contributed by atoms with Gasteiger partial charge in [0.1, 0.15) is 0 Å². The second kappa shape index (κ2) is 2.39. The zero-order valence-electron chi connectivity index (χ0n) is 7.54. The Kier molecular flexibility index (Phi) is 1.32. The van der Waals surface area contributed by atoms with E-state index in [0.29, 0.717) is 0 Å². The lowest BCUT2D eigenvalue weighted by Crippen LogP contribution is -2.14. The summed E-state index contributed by atoms with van der Waals surface area (Å²) in [6, 6.07) is 4.11. The van der Waals surface area contributed by atoms with Gasteiger partial charge in [-0.1, -0.05) is 13.0 Å². The van der Waals surface area contributed by atoms with Gasteiger partial charge >= 0.3 is 0 Å². The van der Waals surface area contributed by atoms with Crippen molar-refractivity contribution < 1.29 is 9.15 Å². The van der Waals surface area contributed by atoms with Gasteiger partial charge in [-0.3, -0.25) is 14.1 Å². The third kappa shape index (κ3) is 0.877. The molecule has 0 aliphatic carbocycles. The van der Waals surface area contributed by atoms with E-state index in [1.165, 1.54) is 11.1 Å². The monoisotopic (exact) mass is 177 g/mol. The number of fused-ring (bicyclic) bond motifs is 3. The first-order chi connectivity index (χ1) is 6.38. The first-order valence-electron chi connectivity index (χ1n) is 4.60. The summed E-state index contributed by atoms with van der Waals surface area (Å²) in [6.07, 6.45) is 0. The third-order valence-corrected chi connectivity index (χ3v) is 2.76. The normalized spacial score (nSPS) is 17.0. The summed E-state index contributed by atoms with van der Waals surface area (Å²) in [4.78, 5) is 2.38. The second-order valence-corrected chi connectivity index (χ2v) is 3.50. The Labute approximate surface area is 75.8 Å². The van der Waals surface area contributed by atoms with Crippen LogP contribution < -0.4 is 0 Å². The number of benzene rings is 1. The van der Waals surface area contributed by atoms with Crippen molar-refractivity contribution in [2.75, 3.05) is 6.54 Å². The van der Waals surface area contributed by atoms with Crippen molar-refractivity contribution in [2.24, 2.45) is 0 Å². The number of nitrogens with zero attached hydrogens (tertiary/aromatic N) is 1. The average Bonchev–Trinajstić information content (AvgIpc) is 2.47. The van der Waals surface area contributed by atoms with Crippen LogP contribution in [0.2, 0.25) is 0 Å². The predicted molar refractivity (Wildman–Crippen MR) is 48.3 cm³/mol. The molecule has 0 radical (unpaired) electrons. The largest absolute Gasteiger partial charge is 0.295 e. The van der Waals surface area contributed by atoms with Gasteiger partial charge in [0.2, 0.25) is 11.2 Å². The number of hydrogen-bond acceptors (Lipinski definition) is 3. The Bertz CT molecular complexity index is 441. The molecule has 0 amide bonds. The molecule has 2 aromatic rings. The number of rotatable bonds is 1. The maximum atomic E-state index is 4.99. The predicted octanol–water partition coefficient (Wildman–Crippen LogP) is 2.36. The zero-order chi connectivity index (χ0) is 8.84. The Morgan fingerprint density at radius 1 is 1.31 bits per heavy atom. The van der Waals surface area contributed by atoms with Crippen LogP contribution in [0, 0.1) is 0 Å². The van der Waals surface area contributed by atoms with Crippen LogP contribution in [0.3, 0.4) is 0 Å². The van der Waals surface area contributed by atoms with Crippen LogP contribution in [0.15, 0.2) is 21.3 Å². The first-order valence-corrected chi connectivity index (χ1v) is 4.60. The maximum Gasteiger partial charge on any atom is 0.230 e. The minimum Gasteiger partial charge on any atom is -0.295 e. The van der Waals surface area contributed by atoms with Gasteiger partial charge in [-0.05, 0) is 18.2 Å². The van der Waals surface area contributed by atoms with Gasteiger partial charge in [0.05, 0.1) is 0 Å². The van der Waals surface area contributed by atoms with E-state index in [4.69, 9.17) is 9.15 Å². The van der Waals surface area contributed by atoms with E-state index in [-0.39, 0.29) is 0 Å². The molecule has 1 aliphatic rings. The summed E-state index contributed by atoms with van der Waals surface area (Å²) >= 11 is 0. The zero-order valence-corrected chi connectivity index (χ0v) is 7.54. The summed E-state index contributed by atoms with van der Waals surface area (Å²) in [7, 11) is 0. The molecule has 0 saturated carbocycles. The number of hydrogen-bond donors (Lipinski definition) is 0. The van der Waals surface area contributed by atoms with Crippen LogP contribution in [0.5, 0.6) is 0 Å². The average molecular weight is 177 g/mol. The van der Waals surface area contributed by atoms with E-state index in [1.807, 2.05) is 6.07 Å². The highest BCUT2D eigenvalue weighted by molar-refractivity contribution is 5.76. The van der Waals surface area contributed by atoms with Crippen LogP contribution in [0.4, 0.5) is 0 Å². The van der Waals surface area contributed by atoms with E-state index in [1.54, 1.807) is 0 Å². The molecule has 0 atom stereocenters. The van der Waals surface area contributed by atoms with Gasteiger partial charge < -0.3 is 0 Å². The minimum atomic E-state index is 0.886. The third-order valence-electron chi connectivity index (χ3n) is 2.76. The SMILES string of the molecule is CCN1Cc2ccc3ooc3c2C1. The van der Waals surface area contributed by atoms with Crippen LogP contribution >= 0.6 is 0 Å². The summed E-state index contributed by atoms with van der Waals surface area (Å²) in [5.74, 6) is 0. The molecule has 0 fully saturated rings. The van der Waals surface area contributed by atoms with Crippen LogP contribution in [0.25, 0.3) is 11.2 Å². The van der Waals surface area contributed by atoms with Crippen molar-refractivity contribution >= 4 is 11.2 Å². The standard InChI is InChI=1S/C10H11NO2/c1-2-11-5-7-3-4-9-10(13-12-9)8(7)6-11/h3-4H,2,5-6H2,1H3. The molecule has 0 bridgehead atoms. The molecular formula is C10H11NO2. The van der Waals surface area contributed by atoms with Gasteiger partial charge in [0.25, 0.3) is 0 Å². The molecule has 3 nitrogen and oxygen atoms in total. The van der Waals surface area contributed by atoms with Gasteiger partial charge in [0, 0.05) is 18.7 Å². The van der Waals surface area contributed by atoms with Crippen molar-refractivity contribution in [2.45, 2.75) is 20.0 Å². The van der Waals surface area contributed by atoms with E-state index < -0.39 is 0 Å².